The maximum absolute atomic E-state index is 13.0. The lowest BCUT2D eigenvalue weighted by molar-refractivity contribution is -0.120. The van der Waals surface area contributed by atoms with Gasteiger partial charge in [0, 0.05) is 5.56 Å². The summed E-state index contributed by atoms with van der Waals surface area (Å²) in [7, 11) is 0. The molecule has 0 saturated heterocycles. The van der Waals surface area contributed by atoms with Gasteiger partial charge in [-0.15, -0.1) is 0 Å². The number of carbonyl (C=O) groups excluding carboxylic acids is 2. The van der Waals surface area contributed by atoms with Crippen molar-refractivity contribution in [3.8, 4) is 0 Å². The molecule has 2 aromatic rings. The minimum absolute atomic E-state index is 0.141. The first-order chi connectivity index (χ1) is 10.5. The first-order valence-electron chi connectivity index (χ1n) is 6.47. The highest BCUT2D eigenvalue weighted by Crippen LogP contribution is 2.03. The summed E-state index contributed by atoms with van der Waals surface area (Å²) in [6.45, 7) is 1.52. The number of benzene rings is 1. The Hall–Kier alpha value is -2.96. The van der Waals surface area contributed by atoms with Crippen LogP contribution < -0.4 is 10.7 Å². The summed E-state index contributed by atoms with van der Waals surface area (Å²) in [5, 5.41) is 6.05. The van der Waals surface area contributed by atoms with Crippen molar-refractivity contribution >= 4 is 18.0 Å². The average molecular weight is 303 g/mol. The Bertz CT molecular complexity index is 710. The monoisotopic (exact) mass is 303 g/mol. The Morgan fingerprint density at radius 3 is 2.82 bits per heavy atom. The van der Waals surface area contributed by atoms with Gasteiger partial charge >= 0.3 is 0 Å². The highest BCUT2D eigenvalue weighted by molar-refractivity contribution is 5.96. The summed E-state index contributed by atoms with van der Waals surface area (Å²) in [6, 6.07) is 8.66. The maximum Gasteiger partial charge on any atom is 0.259 e. The van der Waals surface area contributed by atoms with Gasteiger partial charge in [-0.3, -0.25) is 9.59 Å². The second kappa shape index (κ2) is 7.16. The van der Waals surface area contributed by atoms with E-state index in [9.17, 15) is 14.0 Å². The van der Waals surface area contributed by atoms with E-state index in [0.717, 1.165) is 11.8 Å². The minimum Gasteiger partial charge on any atom is -0.460 e. The first kappa shape index (κ1) is 15.4. The van der Waals surface area contributed by atoms with Crippen molar-refractivity contribution in [3.05, 3.63) is 59.3 Å². The molecule has 2 amide bonds. The molecule has 0 atom stereocenters. The summed E-state index contributed by atoms with van der Waals surface area (Å²) in [4.78, 5) is 23.2. The molecule has 0 radical (unpaired) electrons. The predicted molar refractivity (Wildman–Crippen MR) is 77.9 cm³/mol. The van der Waals surface area contributed by atoms with Gasteiger partial charge in [-0.1, -0.05) is 6.07 Å². The topological polar surface area (TPSA) is 83.7 Å². The van der Waals surface area contributed by atoms with Crippen LogP contribution in [-0.2, 0) is 4.79 Å². The molecular formula is C15H14FN3O3. The number of nitrogens with one attached hydrogen (secondary N) is 2. The molecule has 1 heterocycles. The zero-order valence-corrected chi connectivity index (χ0v) is 11.8. The van der Waals surface area contributed by atoms with E-state index in [2.05, 4.69) is 15.8 Å². The van der Waals surface area contributed by atoms with Crippen LogP contribution in [0.25, 0.3) is 0 Å². The average Bonchev–Trinajstić information content (AvgIpc) is 2.90. The number of aryl methyl sites for hydroxylation is 1. The molecule has 22 heavy (non-hydrogen) atoms. The van der Waals surface area contributed by atoms with Crippen LogP contribution in [-0.4, -0.2) is 24.6 Å². The van der Waals surface area contributed by atoms with E-state index in [0.29, 0.717) is 5.76 Å². The number of hydrazone groups is 1. The molecule has 1 aromatic heterocycles. The Kier molecular flexibility index (Phi) is 5.02. The molecule has 0 unspecified atom stereocenters. The van der Waals surface area contributed by atoms with Crippen LogP contribution in [0.3, 0.4) is 0 Å². The van der Waals surface area contributed by atoms with E-state index in [-0.39, 0.29) is 12.1 Å². The summed E-state index contributed by atoms with van der Waals surface area (Å²) >= 11 is 0. The molecule has 0 spiro atoms. The van der Waals surface area contributed by atoms with E-state index in [1.165, 1.54) is 24.4 Å². The fourth-order valence-corrected chi connectivity index (χ4v) is 1.62. The number of furan rings is 1. The standard InChI is InChI=1S/C15H14FN3O3/c1-10-5-6-13(22-10)8-18-19-14(20)9-17-15(21)11-3-2-4-12(16)7-11/h2-8H,9H2,1H3,(H,17,21)(H,19,20)/b18-8+. The van der Waals surface area contributed by atoms with Gasteiger partial charge in [0.1, 0.15) is 17.3 Å². The highest BCUT2D eigenvalue weighted by Gasteiger charge is 2.08. The normalized spacial score (nSPS) is 10.6. The Balaban J connectivity index is 1.78. The lowest BCUT2D eigenvalue weighted by Gasteiger charge is -2.04. The largest absolute Gasteiger partial charge is 0.460 e. The minimum atomic E-state index is -0.541. The maximum atomic E-state index is 13.0. The zero-order chi connectivity index (χ0) is 15.9. The number of nitrogens with zero attached hydrogens (tertiary/aromatic N) is 1. The van der Waals surface area contributed by atoms with Gasteiger partial charge in [-0.05, 0) is 37.3 Å². The molecular weight excluding hydrogens is 289 g/mol. The number of hydrogen-bond acceptors (Lipinski definition) is 4. The highest BCUT2D eigenvalue weighted by atomic mass is 19.1. The summed E-state index contributed by atoms with van der Waals surface area (Å²) in [5.74, 6) is -0.336. The molecule has 7 heteroatoms. The van der Waals surface area contributed by atoms with Crippen molar-refractivity contribution < 1.29 is 18.4 Å². The van der Waals surface area contributed by atoms with E-state index < -0.39 is 17.6 Å². The lowest BCUT2D eigenvalue weighted by atomic mass is 10.2. The van der Waals surface area contributed by atoms with Crippen molar-refractivity contribution in [1.82, 2.24) is 10.7 Å². The van der Waals surface area contributed by atoms with Crippen LogP contribution in [0, 0.1) is 12.7 Å². The van der Waals surface area contributed by atoms with Gasteiger partial charge in [0.05, 0.1) is 12.8 Å². The van der Waals surface area contributed by atoms with Crippen LogP contribution in [0.5, 0.6) is 0 Å². The third-order valence-corrected chi connectivity index (χ3v) is 2.64. The van der Waals surface area contributed by atoms with Crippen LogP contribution >= 0.6 is 0 Å². The van der Waals surface area contributed by atoms with Crippen LogP contribution in [0.4, 0.5) is 4.39 Å². The molecule has 2 rings (SSSR count). The Labute approximate surface area is 126 Å². The van der Waals surface area contributed by atoms with Crippen molar-refractivity contribution in [2.75, 3.05) is 6.54 Å². The fourth-order valence-electron chi connectivity index (χ4n) is 1.62. The number of amides is 2. The quantitative estimate of drug-likeness (QED) is 0.650. The third kappa shape index (κ3) is 4.55. The van der Waals surface area contributed by atoms with E-state index in [4.69, 9.17) is 4.42 Å². The van der Waals surface area contributed by atoms with Crippen molar-refractivity contribution in [3.63, 3.8) is 0 Å². The lowest BCUT2D eigenvalue weighted by Crippen LogP contribution is -2.34. The van der Waals surface area contributed by atoms with Gasteiger partial charge in [-0.2, -0.15) is 5.10 Å². The van der Waals surface area contributed by atoms with Crippen molar-refractivity contribution in [1.29, 1.82) is 0 Å². The van der Waals surface area contributed by atoms with Gasteiger partial charge < -0.3 is 9.73 Å². The molecule has 2 N–H and O–H groups in total. The molecule has 0 saturated carbocycles. The fraction of sp³-hybridized carbons (Fsp3) is 0.133. The van der Waals surface area contributed by atoms with Crippen LogP contribution in [0.2, 0.25) is 0 Å². The summed E-state index contributed by atoms with van der Waals surface area (Å²) in [5.41, 5.74) is 2.38. The Morgan fingerprint density at radius 1 is 1.32 bits per heavy atom. The number of carbonyl (C=O) groups is 2. The number of rotatable bonds is 5. The van der Waals surface area contributed by atoms with Crippen LogP contribution in [0.15, 0.2) is 45.9 Å². The second-order valence-electron chi connectivity index (χ2n) is 4.43. The van der Waals surface area contributed by atoms with Crippen LogP contribution in [0.1, 0.15) is 21.9 Å². The number of hydrogen-bond donors (Lipinski definition) is 2. The van der Waals surface area contributed by atoms with Gasteiger partial charge in [0.15, 0.2) is 0 Å². The molecule has 0 bridgehead atoms. The molecule has 114 valence electrons. The van der Waals surface area contributed by atoms with Crippen molar-refractivity contribution in [2.24, 2.45) is 5.10 Å². The smallest absolute Gasteiger partial charge is 0.259 e. The third-order valence-electron chi connectivity index (χ3n) is 2.64. The molecule has 0 aliphatic carbocycles. The van der Waals surface area contributed by atoms with E-state index >= 15 is 0 Å². The predicted octanol–water partition coefficient (Wildman–Crippen LogP) is 1.61. The first-order valence-corrected chi connectivity index (χ1v) is 6.47. The number of halogens is 1. The molecule has 6 nitrogen and oxygen atoms in total. The van der Waals surface area contributed by atoms with Crippen molar-refractivity contribution in [2.45, 2.75) is 6.92 Å². The molecule has 1 aromatic carbocycles. The van der Waals surface area contributed by atoms with Gasteiger partial charge in [-0.25, -0.2) is 9.82 Å². The van der Waals surface area contributed by atoms with Gasteiger partial charge in [0.2, 0.25) is 0 Å². The van der Waals surface area contributed by atoms with E-state index in [1.54, 1.807) is 19.1 Å². The summed E-state index contributed by atoms with van der Waals surface area (Å²) in [6.07, 6.45) is 1.35. The zero-order valence-electron chi connectivity index (χ0n) is 11.8. The van der Waals surface area contributed by atoms with Gasteiger partial charge in [0.25, 0.3) is 11.8 Å². The molecule has 0 fully saturated rings. The van der Waals surface area contributed by atoms with E-state index in [1.807, 2.05) is 0 Å². The summed E-state index contributed by atoms with van der Waals surface area (Å²) < 4.78 is 18.2. The SMILES string of the molecule is Cc1ccc(/C=N/NC(=O)CNC(=O)c2cccc(F)c2)o1. The molecule has 0 aliphatic rings. The second-order valence-corrected chi connectivity index (χ2v) is 4.43. The Morgan fingerprint density at radius 2 is 2.14 bits per heavy atom. The molecule has 0 aliphatic heterocycles.